The van der Waals surface area contributed by atoms with Gasteiger partial charge < -0.3 is 15.8 Å². The summed E-state index contributed by atoms with van der Waals surface area (Å²) in [5.74, 6) is -0.352. The Morgan fingerprint density at radius 2 is 2.07 bits per heavy atom. The minimum Gasteiger partial charge on any atom is -0.373 e. The average Bonchev–Trinajstić information content (AvgIpc) is 2.17. The zero-order valence-electron chi connectivity index (χ0n) is 10.3. The first-order valence-corrected chi connectivity index (χ1v) is 5.59. The molecule has 15 heavy (non-hydrogen) atoms. The Morgan fingerprint density at radius 3 is 2.47 bits per heavy atom. The molecule has 0 saturated carbocycles. The molecule has 0 aromatic heterocycles. The standard InChI is InChI=1S/C11H24N2O2/c1-5-7-13-9(10(12)14)8-15-11(3,4)6-2/h9,13H,5-8H2,1-4H3,(H2,12,14). The molecule has 0 heterocycles. The Kier molecular flexibility index (Phi) is 6.52. The summed E-state index contributed by atoms with van der Waals surface area (Å²) in [5, 5.41) is 3.07. The van der Waals surface area contributed by atoms with Gasteiger partial charge >= 0.3 is 0 Å². The van der Waals surface area contributed by atoms with E-state index in [1.54, 1.807) is 0 Å². The van der Waals surface area contributed by atoms with Crippen LogP contribution in [0.3, 0.4) is 0 Å². The van der Waals surface area contributed by atoms with Crippen LogP contribution in [0.1, 0.15) is 40.5 Å². The lowest BCUT2D eigenvalue weighted by atomic mass is 10.1. The number of carbonyl (C=O) groups excluding carboxylic acids is 1. The highest BCUT2D eigenvalue weighted by atomic mass is 16.5. The van der Waals surface area contributed by atoms with Gasteiger partial charge in [0.05, 0.1) is 12.2 Å². The van der Waals surface area contributed by atoms with E-state index in [2.05, 4.69) is 12.2 Å². The monoisotopic (exact) mass is 216 g/mol. The van der Waals surface area contributed by atoms with Gasteiger partial charge in [-0.25, -0.2) is 0 Å². The van der Waals surface area contributed by atoms with Crippen LogP contribution in [-0.4, -0.2) is 30.7 Å². The van der Waals surface area contributed by atoms with E-state index < -0.39 is 0 Å². The summed E-state index contributed by atoms with van der Waals surface area (Å²) in [6.45, 7) is 9.23. The van der Waals surface area contributed by atoms with Crippen LogP contribution in [0.2, 0.25) is 0 Å². The third kappa shape index (κ3) is 6.47. The Bertz CT molecular complexity index is 193. The molecular formula is C11H24N2O2. The molecule has 0 aromatic carbocycles. The van der Waals surface area contributed by atoms with Crippen molar-refractivity contribution >= 4 is 5.91 Å². The van der Waals surface area contributed by atoms with Crippen LogP contribution >= 0.6 is 0 Å². The Hall–Kier alpha value is -0.610. The molecule has 0 fully saturated rings. The second kappa shape index (κ2) is 6.80. The smallest absolute Gasteiger partial charge is 0.236 e. The van der Waals surface area contributed by atoms with E-state index in [9.17, 15) is 4.79 Å². The number of hydrogen-bond donors (Lipinski definition) is 2. The van der Waals surface area contributed by atoms with Gasteiger partial charge in [0, 0.05) is 0 Å². The van der Waals surface area contributed by atoms with Crippen molar-refractivity contribution in [2.45, 2.75) is 52.2 Å². The van der Waals surface area contributed by atoms with Gasteiger partial charge in [0.25, 0.3) is 0 Å². The van der Waals surface area contributed by atoms with E-state index in [0.29, 0.717) is 6.61 Å². The summed E-state index contributed by atoms with van der Waals surface area (Å²) in [4.78, 5) is 11.1. The number of rotatable bonds is 8. The molecule has 1 unspecified atom stereocenters. The van der Waals surface area contributed by atoms with Crippen LogP contribution in [0.25, 0.3) is 0 Å². The maximum atomic E-state index is 11.1. The molecule has 1 amide bonds. The minimum absolute atomic E-state index is 0.193. The zero-order valence-corrected chi connectivity index (χ0v) is 10.3. The quantitative estimate of drug-likeness (QED) is 0.637. The van der Waals surface area contributed by atoms with Crippen LogP contribution in [0, 0.1) is 0 Å². The first-order valence-electron chi connectivity index (χ1n) is 5.59. The molecule has 0 aromatic rings. The summed E-state index contributed by atoms with van der Waals surface area (Å²) < 4.78 is 5.64. The normalized spacial score (nSPS) is 13.9. The molecule has 0 rings (SSSR count). The van der Waals surface area contributed by atoms with Crippen LogP contribution < -0.4 is 11.1 Å². The summed E-state index contributed by atoms with van der Waals surface area (Å²) in [6.07, 6.45) is 1.88. The van der Waals surface area contributed by atoms with Gasteiger partial charge in [0.15, 0.2) is 0 Å². The SMILES string of the molecule is CCCNC(COC(C)(C)CC)C(N)=O. The van der Waals surface area contributed by atoms with Gasteiger partial charge in [-0.3, -0.25) is 4.79 Å². The maximum absolute atomic E-state index is 11.1. The minimum atomic E-state index is -0.379. The highest BCUT2D eigenvalue weighted by Gasteiger charge is 2.20. The lowest BCUT2D eigenvalue weighted by Crippen LogP contribution is -2.46. The summed E-state index contributed by atoms with van der Waals surface area (Å²) in [5.41, 5.74) is 5.07. The van der Waals surface area contributed by atoms with Gasteiger partial charge in [0.1, 0.15) is 6.04 Å². The van der Waals surface area contributed by atoms with Crippen molar-refractivity contribution in [1.29, 1.82) is 0 Å². The van der Waals surface area contributed by atoms with E-state index in [4.69, 9.17) is 10.5 Å². The lowest BCUT2D eigenvalue weighted by molar-refractivity contribution is -0.123. The van der Waals surface area contributed by atoms with E-state index in [0.717, 1.165) is 19.4 Å². The lowest BCUT2D eigenvalue weighted by Gasteiger charge is -2.26. The van der Waals surface area contributed by atoms with E-state index in [-0.39, 0.29) is 17.6 Å². The molecule has 4 nitrogen and oxygen atoms in total. The summed E-state index contributed by atoms with van der Waals surface area (Å²) >= 11 is 0. The van der Waals surface area contributed by atoms with Gasteiger partial charge in [-0.2, -0.15) is 0 Å². The maximum Gasteiger partial charge on any atom is 0.236 e. The van der Waals surface area contributed by atoms with Gasteiger partial charge in [0.2, 0.25) is 5.91 Å². The molecule has 0 aliphatic rings. The molecule has 0 spiro atoms. The van der Waals surface area contributed by atoms with Crippen molar-refractivity contribution in [3.05, 3.63) is 0 Å². The topological polar surface area (TPSA) is 64.3 Å². The van der Waals surface area contributed by atoms with Crippen molar-refractivity contribution < 1.29 is 9.53 Å². The van der Waals surface area contributed by atoms with E-state index >= 15 is 0 Å². The fraction of sp³-hybridized carbons (Fsp3) is 0.909. The second-order valence-corrected chi connectivity index (χ2v) is 4.33. The largest absolute Gasteiger partial charge is 0.373 e. The average molecular weight is 216 g/mol. The second-order valence-electron chi connectivity index (χ2n) is 4.33. The predicted octanol–water partition coefficient (Wildman–Crippen LogP) is 1.05. The number of carbonyl (C=O) groups is 1. The number of nitrogens with one attached hydrogen (secondary N) is 1. The molecule has 0 aliphatic carbocycles. The molecule has 0 bridgehead atoms. The third-order valence-electron chi connectivity index (χ3n) is 2.48. The number of primary amides is 1. The first-order chi connectivity index (χ1) is 6.93. The van der Waals surface area contributed by atoms with Gasteiger partial charge in [-0.1, -0.05) is 13.8 Å². The highest BCUT2D eigenvalue weighted by molar-refractivity contribution is 5.79. The molecule has 90 valence electrons. The first kappa shape index (κ1) is 14.4. The van der Waals surface area contributed by atoms with Gasteiger partial charge in [-0.05, 0) is 33.2 Å². The Morgan fingerprint density at radius 1 is 1.47 bits per heavy atom. The van der Waals surface area contributed by atoms with Crippen molar-refractivity contribution in [2.24, 2.45) is 5.73 Å². The van der Waals surface area contributed by atoms with Crippen molar-refractivity contribution in [1.82, 2.24) is 5.32 Å². The van der Waals surface area contributed by atoms with Crippen LogP contribution in [-0.2, 0) is 9.53 Å². The molecule has 4 heteroatoms. The zero-order chi connectivity index (χ0) is 11.9. The van der Waals surface area contributed by atoms with Crippen molar-refractivity contribution in [2.75, 3.05) is 13.2 Å². The summed E-state index contributed by atoms with van der Waals surface area (Å²) in [7, 11) is 0. The fourth-order valence-corrected chi connectivity index (χ4v) is 0.971. The number of amides is 1. The van der Waals surface area contributed by atoms with E-state index in [1.807, 2.05) is 20.8 Å². The fourth-order valence-electron chi connectivity index (χ4n) is 0.971. The third-order valence-corrected chi connectivity index (χ3v) is 2.48. The molecule has 0 saturated heterocycles. The Labute approximate surface area is 92.6 Å². The molecule has 0 aliphatic heterocycles. The Balaban J connectivity index is 4.01. The highest BCUT2D eigenvalue weighted by Crippen LogP contribution is 2.13. The summed E-state index contributed by atoms with van der Waals surface area (Å²) in [6, 6.07) is -0.379. The van der Waals surface area contributed by atoms with Crippen LogP contribution in [0.5, 0.6) is 0 Å². The van der Waals surface area contributed by atoms with Gasteiger partial charge in [-0.15, -0.1) is 0 Å². The molecule has 0 radical (unpaired) electrons. The predicted molar refractivity (Wildman–Crippen MR) is 61.6 cm³/mol. The molecule has 1 atom stereocenters. The molecule has 3 N–H and O–H groups in total. The van der Waals surface area contributed by atoms with Crippen LogP contribution in [0.15, 0.2) is 0 Å². The van der Waals surface area contributed by atoms with Crippen molar-refractivity contribution in [3.8, 4) is 0 Å². The number of ether oxygens (including phenoxy) is 1. The number of nitrogens with two attached hydrogens (primary N) is 1. The van der Waals surface area contributed by atoms with Crippen LogP contribution in [0.4, 0.5) is 0 Å². The van der Waals surface area contributed by atoms with Crippen molar-refractivity contribution in [3.63, 3.8) is 0 Å². The molecular weight excluding hydrogens is 192 g/mol. The van der Waals surface area contributed by atoms with E-state index in [1.165, 1.54) is 0 Å². The number of hydrogen-bond acceptors (Lipinski definition) is 3.